The van der Waals surface area contributed by atoms with E-state index in [-0.39, 0.29) is 0 Å². The van der Waals surface area contributed by atoms with Crippen LogP contribution >= 0.6 is 11.8 Å². The quantitative estimate of drug-likeness (QED) is 0.658. The highest BCUT2D eigenvalue weighted by Crippen LogP contribution is 2.12. The SMILES string of the molecule is CSc1cccc(S(C)=O)n1. The van der Waals surface area contributed by atoms with Gasteiger partial charge in [-0.15, -0.1) is 11.8 Å². The zero-order chi connectivity index (χ0) is 8.27. The van der Waals surface area contributed by atoms with Gasteiger partial charge in [0.15, 0.2) is 0 Å². The first-order chi connectivity index (χ1) is 5.24. The van der Waals surface area contributed by atoms with E-state index in [9.17, 15) is 4.21 Å². The molecule has 0 aliphatic carbocycles. The summed E-state index contributed by atoms with van der Waals surface area (Å²) in [6.45, 7) is 0. The lowest BCUT2D eigenvalue weighted by molar-refractivity contribution is 0.683. The molecule has 0 amide bonds. The number of hydrogen-bond donors (Lipinski definition) is 0. The summed E-state index contributed by atoms with van der Waals surface area (Å²) >= 11 is 1.55. The summed E-state index contributed by atoms with van der Waals surface area (Å²) in [6.07, 6.45) is 3.58. The number of nitrogens with zero attached hydrogens (tertiary/aromatic N) is 1. The monoisotopic (exact) mass is 187 g/mol. The second-order valence-corrected chi connectivity index (χ2v) is 4.13. The fourth-order valence-corrected chi connectivity index (χ4v) is 1.63. The molecule has 1 heterocycles. The molecule has 0 aliphatic heterocycles. The third-order valence-corrected chi connectivity index (χ3v) is 2.66. The summed E-state index contributed by atoms with van der Waals surface area (Å²) in [6, 6.07) is 5.55. The van der Waals surface area contributed by atoms with Crippen LogP contribution in [0.2, 0.25) is 0 Å². The van der Waals surface area contributed by atoms with Gasteiger partial charge in [-0.05, 0) is 18.4 Å². The van der Waals surface area contributed by atoms with Crippen molar-refractivity contribution in [3.63, 3.8) is 0 Å². The van der Waals surface area contributed by atoms with Crippen LogP contribution in [0.3, 0.4) is 0 Å². The van der Waals surface area contributed by atoms with Crippen LogP contribution in [0.4, 0.5) is 0 Å². The first-order valence-corrected chi connectivity index (χ1v) is 5.87. The average molecular weight is 187 g/mol. The topological polar surface area (TPSA) is 30.0 Å². The van der Waals surface area contributed by atoms with E-state index in [1.807, 2.05) is 18.4 Å². The third kappa shape index (κ3) is 2.31. The van der Waals surface area contributed by atoms with Crippen molar-refractivity contribution >= 4 is 22.6 Å². The Morgan fingerprint density at radius 3 is 2.82 bits per heavy atom. The predicted molar refractivity (Wildman–Crippen MR) is 48.4 cm³/mol. The van der Waals surface area contributed by atoms with Gasteiger partial charge in [0.2, 0.25) is 0 Å². The second kappa shape index (κ2) is 3.88. The Kier molecular flexibility index (Phi) is 3.08. The molecule has 0 aromatic carbocycles. The number of thioether (sulfide) groups is 1. The lowest BCUT2D eigenvalue weighted by Crippen LogP contribution is -1.91. The van der Waals surface area contributed by atoms with Crippen LogP contribution in [0.5, 0.6) is 0 Å². The molecule has 0 saturated carbocycles. The van der Waals surface area contributed by atoms with Crippen LogP contribution in [0, 0.1) is 0 Å². The maximum Gasteiger partial charge on any atom is 0.128 e. The summed E-state index contributed by atoms with van der Waals surface area (Å²) in [5.41, 5.74) is 0. The van der Waals surface area contributed by atoms with Gasteiger partial charge in [-0.25, -0.2) is 4.98 Å². The normalized spacial score (nSPS) is 12.9. The van der Waals surface area contributed by atoms with Gasteiger partial charge in [-0.3, -0.25) is 4.21 Å². The Morgan fingerprint density at radius 1 is 1.55 bits per heavy atom. The molecule has 0 aliphatic rings. The van der Waals surface area contributed by atoms with E-state index in [0.717, 1.165) is 5.03 Å². The molecule has 1 unspecified atom stereocenters. The predicted octanol–water partition coefficient (Wildman–Crippen LogP) is 1.54. The molecular weight excluding hydrogens is 178 g/mol. The molecule has 0 saturated heterocycles. The van der Waals surface area contributed by atoms with Crippen LogP contribution in [0.25, 0.3) is 0 Å². The van der Waals surface area contributed by atoms with E-state index in [1.165, 1.54) is 0 Å². The summed E-state index contributed by atoms with van der Waals surface area (Å²) in [4.78, 5) is 4.15. The van der Waals surface area contributed by atoms with Gasteiger partial charge in [0, 0.05) is 6.26 Å². The molecule has 11 heavy (non-hydrogen) atoms. The van der Waals surface area contributed by atoms with E-state index in [4.69, 9.17) is 0 Å². The molecule has 4 heteroatoms. The van der Waals surface area contributed by atoms with Crippen molar-refractivity contribution in [2.75, 3.05) is 12.5 Å². The van der Waals surface area contributed by atoms with Gasteiger partial charge in [0.25, 0.3) is 0 Å². The summed E-state index contributed by atoms with van der Waals surface area (Å²) in [5.74, 6) is 0. The van der Waals surface area contributed by atoms with E-state index in [2.05, 4.69) is 4.98 Å². The first-order valence-electron chi connectivity index (χ1n) is 3.08. The van der Waals surface area contributed by atoms with E-state index in [1.54, 1.807) is 24.1 Å². The van der Waals surface area contributed by atoms with E-state index in [0.29, 0.717) is 5.03 Å². The number of aromatic nitrogens is 1. The van der Waals surface area contributed by atoms with Crippen molar-refractivity contribution in [2.24, 2.45) is 0 Å². The van der Waals surface area contributed by atoms with Gasteiger partial charge in [-0.1, -0.05) is 6.07 Å². The van der Waals surface area contributed by atoms with Crippen molar-refractivity contribution in [2.45, 2.75) is 10.1 Å². The highest BCUT2D eigenvalue weighted by molar-refractivity contribution is 7.98. The fraction of sp³-hybridized carbons (Fsp3) is 0.286. The lowest BCUT2D eigenvalue weighted by atomic mass is 10.5. The summed E-state index contributed by atoms with van der Waals surface area (Å²) in [7, 11) is -0.965. The number of pyridine rings is 1. The van der Waals surface area contributed by atoms with Gasteiger partial charge in [0.1, 0.15) is 5.03 Å². The summed E-state index contributed by atoms with van der Waals surface area (Å²) in [5, 5.41) is 1.56. The van der Waals surface area contributed by atoms with Crippen molar-refractivity contribution in [1.29, 1.82) is 0 Å². The van der Waals surface area contributed by atoms with Crippen molar-refractivity contribution < 1.29 is 4.21 Å². The smallest absolute Gasteiger partial charge is 0.128 e. The van der Waals surface area contributed by atoms with Crippen LogP contribution in [-0.4, -0.2) is 21.7 Å². The van der Waals surface area contributed by atoms with Crippen LogP contribution in [0.1, 0.15) is 0 Å². The number of hydrogen-bond acceptors (Lipinski definition) is 3. The van der Waals surface area contributed by atoms with Crippen molar-refractivity contribution in [1.82, 2.24) is 4.98 Å². The van der Waals surface area contributed by atoms with E-state index < -0.39 is 10.8 Å². The molecule has 0 bridgehead atoms. The minimum absolute atomic E-state index is 0.650. The Balaban J connectivity index is 3.01. The first kappa shape index (κ1) is 8.74. The van der Waals surface area contributed by atoms with Gasteiger partial charge in [-0.2, -0.15) is 0 Å². The molecular formula is C7H9NOS2. The van der Waals surface area contributed by atoms with Gasteiger partial charge in [0.05, 0.1) is 15.8 Å². The molecule has 2 nitrogen and oxygen atoms in total. The Hall–Kier alpha value is -0.350. The molecule has 1 rings (SSSR count). The Morgan fingerprint density at radius 2 is 2.27 bits per heavy atom. The largest absolute Gasteiger partial charge is 0.253 e. The van der Waals surface area contributed by atoms with Crippen LogP contribution < -0.4 is 0 Å². The fourth-order valence-electron chi connectivity index (χ4n) is 0.670. The van der Waals surface area contributed by atoms with Crippen molar-refractivity contribution in [3.05, 3.63) is 18.2 Å². The molecule has 1 atom stereocenters. The second-order valence-electron chi connectivity index (χ2n) is 1.97. The Labute approximate surface area is 72.9 Å². The highest BCUT2D eigenvalue weighted by atomic mass is 32.2. The maximum atomic E-state index is 11.0. The molecule has 1 aromatic rings. The zero-order valence-electron chi connectivity index (χ0n) is 6.40. The van der Waals surface area contributed by atoms with Crippen molar-refractivity contribution in [3.8, 4) is 0 Å². The van der Waals surface area contributed by atoms with Gasteiger partial charge < -0.3 is 0 Å². The Bertz CT molecular complexity index is 275. The minimum atomic E-state index is -0.965. The van der Waals surface area contributed by atoms with E-state index >= 15 is 0 Å². The number of rotatable bonds is 2. The zero-order valence-corrected chi connectivity index (χ0v) is 8.04. The van der Waals surface area contributed by atoms with Gasteiger partial charge >= 0.3 is 0 Å². The molecule has 0 radical (unpaired) electrons. The lowest BCUT2D eigenvalue weighted by Gasteiger charge is -1.97. The molecule has 0 N–H and O–H groups in total. The molecule has 1 aromatic heterocycles. The summed E-state index contributed by atoms with van der Waals surface area (Å²) < 4.78 is 11.0. The standard InChI is InChI=1S/C7H9NOS2/c1-10-6-4-3-5-7(8-6)11(2)9/h3-5H,1-2H3. The molecule has 0 fully saturated rings. The van der Waals surface area contributed by atoms with Crippen LogP contribution in [0.15, 0.2) is 28.3 Å². The molecule has 60 valence electrons. The maximum absolute atomic E-state index is 11.0. The highest BCUT2D eigenvalue weighted by Gasteiger charge is 1.98. The minimum Gasteiger partial charge on any atom is -0.253 e. The van der Waals surface area contributed by atoms with Crippen LogP contribution in [-0.2, 0) is 10.8 Å². The average Bonchev–Trinajstić information content (AvgIpc) is 2.05. The molecule has 0 spiro atoms. The third-order valence-electron chi connectivity index (χ3n) is 1.20.